The molecule has 0 atom stereocenters. The van der Waals surface area contributed by atoms with E-state index >= 15 is 0 Å². The molecule has 5 heteroatoms. The van der Waals surface area contributed by atoms with E-state index in [1.807, 2.05) is 24.3 Å². The van der Waals surface area contributed by atoms with E-state index in [0.717, 1.165) is 22.5 Å². The van der Waals surface area contributed by atoms with Gasteiger partial charge < -0.3 is 10.6 Å². The molecule has 0 unspecified atom stereocenters. The molecule has 21 heavy (non-hydrogen) atoms. The monoisotopic (exact) mass is 297 g/mol. The van der Waals surface area contributed by atoms with Gasteiger partial charge in [-0.3, -0.25) is 4.79 Å². The normalized spacial score (nSPS) is 12.5. The van der Waals surface area contributed by atoms with Crippen LogP contribution in [0, 0.1) is 11.3 Å². The van der Waals surface area contributed by atoms with Crippen molar-refractivity contribution in [3.63, 3.8) is 0 Å². The molecule has 0 saturated heterocycles. The minimum absolute atomic E-state index is 0.0139. The van der Waals surface area contributed by atoms with Gasteiger partial charge >= 0.3 is 0 Å². The van der Waals surface area contributed by atoms with Crippen LogP contribution in [-0.2, 0) is 17.8 Å². The average molecular weight is 298 g/mol. The predicted octanol–water partition coefficient (Wildman–Crippen LogP) is 3.32. The van der Waals surface area contributed by atoms with Crippen molar-refractivity contribution in [2.75, 3.05) is 10.6 Å². The van der Waals surface area contributed by atoms with E-state index in [9.17, 15) is 4.79 Å². The van der Waals surface area contributed by atoms with Crippen LogP contribution in [0.2, 0.25) is 5.02 Å². The standard InChI is InChI=1S/C16H12ClN3O/c17-13-7-14-12(6-16(21)20-14)5-15(13)19-9-11-3-1-2-10(4-11)8-18/h1-5,7,19H,6,9H2,(H,20,21). The second kappa shape index (κ2) is 5.47. The SMILES string of the molecule is N#Cc1cccc(CNc2cc3c(cc2Cl)NC(=O)C3)c1. The second-order valence-corrected chi connectivity index (χ2v) is 5.29. The fraction of sp³-hybridized carbons (Fsp3) is 0.125. The Balaban J connectivity index is 1.78. The van der Waals surface area contributed by atoms with Crippen molar-refractivity contribution in [3.05, 3.63) is 58.1 Å². The Bertz CT molecular complexity index is 765. The Morgan fingerprint density at radius 3 is 3.00 bits per heavy atom. The van der Waals surface area contributed by atoms with Crippen molar-refractivity contribution in [2.24, 2.45) is 0 Å². The number of rotatable bonds is 3. The first kappa shape index (κ1) is 13.5. The van der Waals surface area contributed by atoms with Gasteiger partial charge in [0.25, 0.3) is 0 Å². The molecular weight excluding hydrogens is 286 g/mol. The number of hydrogen-bond acceptors (Lipinski definition) is 3. The van der Waals surface area contributed by atoms with Crippen molar-refractivity contribution in [3.8, 4) is 6.07 Å². The Kier molecular flexibility index (Phi) is 3.51. The Morgan fingerprint density at radius 2 is 2.19 bits per heavy atom. The number of carbonyl (C=O) groups excluding carboxylic acids is 1. The number of nitrogens with zero attached hydrogens (tertiary/aromatic N) is 1. The van der Waals surface area contributed by atoms with Crippen molar-refractivity contribution in [2.45, 2.75) is 13.0 Å². The number of amides is 1. The number of halogens is 1. The van der Waals surface area contributed by atoms with E-state index < -0.39 is 0 Å². The lowest BCUT2D eigenvalue weighted by atomic mass is 10.1. The molecule has 2 aromatic rings. The smallest absolute Gasteiger partial charge is 0.228 e. The quantitative estimate of drug-likeness (QED) is 0.913. The first-order valence-electron chi connectivity index (χ1n) is 6.51. The van der Waals surface area contributed by atoms with Crippen molar-refractivity contribution in [1.29, 1.82) is 5.26 Å². The number of benzene rings is 2. The van der Waals surface area contributed by atoms with E-state index in [0.29, 0.717) is 23.6 Å². The summed E-state index contributed by atoms with van der Waals surface area (Å²) in [5.41, 5.74) is 4.14. The highest BCUT2D eigenvalue weighted by Crippen LogP contribution is 2.33. The summed E-state index contributed by atoms with van der Waals surface area (Å²) >= 11 is 6.21. The minimum Gasteiger partial charge on any atom is -0.380 e. The molecule has 4 nitrogen and oxygen atoms in total. The number of anilines is 2. The largest absolute Gasteiger partial charge is 0.380 e. The summed E-state index contributed by atoms with van der Waals surface area (Å²) in [5, 5.41) is 15.5. The average Bonchev–Trinajstić information content (AvgIpc) is 2.84. The zero-order valence-corrected chi connectivity index (χ0v) is 11.9. The first-order chi connectivity index (χ1) is 10.2. The fourth-order valence-electron chi connectivity index (χ4n) is 2.33. The highest BCUT2D eigenvalue weighted by molar-refractivity contribution is 6.33. The zero-order chi connectivity index (χ0) is 14.8. The lowest BCUT2D eigenvalue weighted by Crippen LogP contribution is -2.03. The summed E-state index contributed by atoms with van der Waals surface area (Å²) in [6, 6.07) is 13.2. The summed E-state index contributed by atoms with van der Waals surface area (Å²) < 4.78 is 0. The molecule has 2 N–H and O–H groups in total. The second-order valence-electron chi connectivity index (χ2n) is 4.88. The van der Waals surface area contributed by atoms with E-state index in [1.54, 1.807) is 12.1 Å². The molecule has 0 aromatic heterocycles. The summed E-state index contributed by atoms with van der Waals surface area (Å²) in [4.78, 5) is 11.4. The molecule has 3 rings (SSSR count). The number of fused-ring (bicyclic) bond motifs is 1. The molecule has 0 spiro atoms. The van der Waals surface area contributed by atoms with Crippen LogP contribution in [0.4, 0.5) is 11.4 Å². The molecule has 1 heterocycles. The fourth-order valence-corrected chi connectivity index (χ4v) is 2.56. The van der Waals surface area contributed by atoms with Crippen LogP contribution in [0.5, 0.6) is 0 Å². The van der Waals surface area contributed by atoms with Gasteiger partial charge in [0.1, 0.15) is 0 Å². The summed E-state index contributed by atoms with van der Waals surface area (Å²) in [7, 11) is 0. The van der Waals surface area contributed by atoms with Crippen molar-refractivity contribution in [1.82, 2.24) is 0 Å². The van der Waals surface area contributed by atoms with E-state index in [2.05, 4.69) is 16.7 Å². The lowest BCUT2D eigenvalue weighted by Gasteiger charge is -2.10. The van der Waals surface area contributed by atoms with Crippen LogP contribution in [0.1, 0.15) is 16.7 Å². The third-order valence-electron chi connectivity index (χ3n) is 3.36. The molecule has 0 bridgehead atoms. The van der Waals surface area contributed by atoms with Gasteiger partial charge in [-0.1, -0.05) is 23.7 Å². The van der Waals surface area contributed by atoms with Gasteiger partial charge in [0, 0.05) is 12.2 Å². The van der Waals surface area contributed by atoms with Gasteiger partial charge in [0.15, 0.2) is 0 Å². The topological polar surface area (TPSA) is 64.9 Å². The van der Waals surface area contributed by atoms with Gasteiger partial charge in [-0.15, -0.1) is 0 Å². The van der Waals surface area contributed by atoms with Gasteiger partial charge in [-0.25, -0.2) is 0 Å². The molecule has 104 valence electrons. The molecule has 2 aromatic carbocycles. The molecule has 1 amide bonds. The summed E-state index contributed by atoms with van der Waals surface area (Å²) in [6.07, 6.45) is 0.380. The number of nitriles is 1. The number of carbonyl (C=O) groups is 1. The van der Waals surface area contributed by atoms with Crippen molar-refractivity contribution < 1.29 is 4.79 Å². The van der Waals surface area contributed by atoms with Gasteiger partial charge in [0.05, 0.1) is 28.8 Å². The van der Waals surface area contributed by atoms with Crippen molar-refractivity contribution >= 4 is 28.9 Å². The maximum absolute atomic E-state index is 11.4. The third kappa shape index (κ3) is 2.83. The lowest BCUT2D eigenvalue weighted by molar-refractivity contribution is -0.115. The Hall–Kier alpha value is -2.51. The summed E-state index contributed by atoms with van der Waals surface area (Å²) in [5.74, 6) is -0.0139. The van der Waals surface area contributed by atoms with Crippen LogP contribution >= 0.6 is 11.6 Å². The molecular formula is C16H12ClN3O. The van der Waals surface area contributed by atoms with Gasteiger partial charge in [-0.2, -0.15) is 5.26 Å². The van der Waals surface area contributed by atoms with Crippen LogP contribution in [0.15, 0.2) is 36.4 Å². The minimum atomic E-state index is -0.0139. The molecule has 0 aliphatic carbocycles. The highest BCUT2D eigenvalue weighted by Gasteiger charge is 2.19. The maximum Gasteiger partial charge on any atom is 0.228 e. The predicted molar refractivity (Wildman–Crippen MR) is 82.3 cm³/mol. The van der Waals surface area contributed by atoms with Crippen LogP contribution in [-0.4, -0.2) is 5.91 Å². The molecule has 1 aliphatic heterocycles. The molecule has 0 saturated carbocycles. The third-order valence-corrected chi connectivity index (χ3v) is 3.67. The van der Waals surface area contributed by atoms with Crippen LogP contribution < -0.4 is 10.6 Å². The zero-order valence-electron chi connectivity index (χ0n) is 11.1. The molecule has 0 radical (unpaired) electrons. The molecule has 1 aliphatic rings. The van der Waals surface area contributed by atoms with Crippen LogP contribution in [0.3, 0.4) is 0 Å². The van der Waals surface area contributed by atoms with E-state index in [4.69, 9.17) is 16.9 Å². The Morgan fingerprint density at radius 1 is 1.33 bits per heavy atom. The first-order valence-corrected chi connectivity index (χ1v) is 6.88. The van der Waals surface area contributed by atoms with E-state index in [-0.39, 0.29) is 5.91 Å². The highest BCUT2D eigenvalue weighted by atomic mass is 35.5. The van der Waals surface area contributed by atoms with Crippen LogP contribution in [0.25, 0.3) is 0 Å². The number of nitrogens with one attached hydrogen (secondary N) is 2. The maximum atomic E-state index is 11.4. The van der Waals surface area contributed by atoms with Gasteiger partial charge in [0.2, 0.25) is 5.91 Å². The van der Waals surface area contributed by atoms with E-state index in [1.165, 1.54) is 0 Å². The summed E-state index contributed by atoms with van der Waals surface area (Å²) in [6.45, 7) is 0.565. The number of hydrogen-bond donors (Lipinski definition) is 2. The Labute approximate surface area is 127 Å². The molecule has 0 fully saturated rings. The van der Waals surface area contributed by atoms with Gasteiger partial charge in [-0.05, 0) is 35.4 Å².